The summed E-state index contributed by atoms with van der Waals surface area (Å²) in [5.74, 6) is 1.51. The Morgan fingerprint density at radius 3 is 2.95 bits per heavy atom. The predicted molar refractivity (Wildman–Crippen MR) is 81.2 cm³/mol. The number of hydrogen-bond acceptors (Lipinski definition) is 5. The molecule has 0 bridgehead atoms. The minimum Gasteiger partial charge on any atom is -0.460 e. The van der Waals surface area contributed by atoms with Gasteiger partial charge in [0.25, 0.3) is 0 Å². The highest BCUT2D eigenvalue weighted by atomic mass is 32.1. The highest BCUT2D eigenvalue weighted by molar-refractivity contribution is 7.14. The lowest BCUT2D eigenvalue weighted by Crippen LogP contribution is -2.13. The summed E-state index contributed by atoms with van der Waals surface area (Å²) in [7, 11) is 0. The third kappa shape index (κ3) is 2.97. The van der Waals surface area contributed by atoms with Gasteiger partial charge in [-0.25, -0.2) is 4.98 Å². The van der Waals surface area contributed by atoms with Crippen molar-refractivity contribution in [2.75, 3.05) is 5.32 Å². The fourth-order valence-electron chi connectivity index (χ4n) is 1.75. The van der Waals surface area contributed by atoms with Crippen LogP contribution in [0.2, 0.25) is 0 Å². The molecule has 3 rings (SSSR count). The van der Waals surface area contributed by atoms with E-state index >= 15 is 0 Å². The van der Waals surface area contributed by atoms with Crippen LogP contribution < -0.4 is 5.32 Å². The predicted octanol–water partition coefficient (Wildman–Crippen LogP) is 3.95. The Labute approximate surface area is 124 Å². The molecule has 0 aromatic carbocycles. The van der Waals surface area contributed by atoms with Gasteiger partial charge < -0.3 is 9.73 Å². The van der Waals surface area contributed by atoms with E-state index in [4.69, 9.17) is 4.42 Å². The second-order valence-corrected chi connectivity index (χ2v) is 6.14. The van der Waals surface area contributed by atoms with Crippen molar-refractivity contribution < 1.29 is 9.21 Å². The van der Waals surface area contributed by atoms with Gasteiger partial charge in [-0.2, -0.15) is 0 Å². The Morgan fingerprint density at radius 2 is 2.25 bits per heavy atom. The second-order valence-electron chi connectivity index (χ2n) is 4.25. The zero-order valence-electron chi connectivity index (χ0n) is 10.8. The number of furan rings is 1. The number of hydrogen-bond donors (Lipinski definition) is 1. The number of aryl methyl sites for hydroxylation is 1. The van der Waals surface area contributed by atoms with Crippen LogP contribution in [0.25, 0.3) is 11.5 Å². The maximum Gasteiger partial charge on any atom is 0.231 e. The Morgan fingerprint density at radius 1 is 1.35 bits per heavy atom. The maximum atomic E-state index is 11.9. The fraction of sp³-hybridized carbons (Fsp3) is 0.143. The average molecular weight is 304 g/mol. The van der Waals surface area contributed by atoms with Crippen molar-refractivity contribution in [1.82, 2.24) is 4.98 Å². The number of nitrogens with zero attached hydrogens (tertiary/aromatic N) is 1. The fourth-order valence-corrected chi connectivity index (χ4v) is 3.17. The summed E-state index contributed by atoms with van der Waals surface area (Å²) in [6.07, 6.45) is 0.381. The van der Waals surface area contributed by atoms with Gasteiger partial charge in [0, 0.05) is 10.3 Å². The molecule has 1 amide bonds. The van der Waals surface area contributed by atoms with Crippen LogP contribution in [0, 0.1) is 6.92 Å². The number of anilines is 1. The van der Waals surface area contributed by atoms with Crippen LogP contribution in [-0.2, 0) is 11.2 Å². The summed E-state index contributed by atoms with van der Waals surface area (Å²) in [5.41, 5.74) is 0.745. The van der Waals surface area contributed by atoms with E-state index < -0.39 is 0 Å². The molecule has 3 aromatic heterocycles. The lowest BCUT2D eigenvalue weighted by Gasteiger charge is -1.99. The molecule has 20 heavy (non-hydrogen) atoms. The van der Waals surface area contributed by atoms with Crippen molar-refractivity contribution in [1.29, 1.82) is 0 Å². The first-order chi connectivity index (χ1) is 9.70. The molecule has 0 saturated carbocycles. The summed E-state index contributed by atoms with van der Waals surface area (Å²) in [4.78, 5) is 17.3. The van der Waals surface area contributed by atoms with E-state index in [0.29, 0.717) is 11.6 Å². The molecule has 0 fully saturated rings. The summed E-state index contributed by atoms with van der Waals surface area (Å²) >= 11 is 2.97. The van der Waals surface area contributed by atoms with Gasteiger partial charge in [0.05, 0.1) is 6.42 Å². The molecule has 0 atom stereocenters. The van der Waals surface area contributed by atoms with Crippen molar-refractivity contribution in [3.05, 3.63) is 45.7 Å². The third-order valence-corrected chi connectivity index (χ3v) is 4.29. The number of amides is 1. The van der Waals surface area contributed by atoms with E-state index in [1.54, 1.807) is 11.3 Å². The van der Waals surface area contributed by atoms with Crippen molar-refractivity contribution in [2.24, 2.45) is 0 Å². The van der Waals surface area contributed by atoms with Crippen molar-refractivity contribution in [3.63, 3.8) is 0 Å². The number of rotatable bonds is 4. The normalized spacial score (nSPS) is 10.7. The van der Waals surface area contributed by atoms with Crippen LogP contribution in [0.3, 0.4) is 0 Å². The zero-order valence-corrected chi connectivity index (χ0v) is 12.4. The van der Waals surface area contributed by atoms with Gasteiger partial charge in [0.15, 0.2) is 10.9 Å². The number of thiophene rings is 1. The first kappa shape index (κ1) is 13.1. The van der Waals surface area contributed by atoms with Crippen molar-refractivity contribution in [3.8, 4) is 11.5 Å². The summed E-state index contributed by atoms with van der Waals surface area (Å²) in [6, 6.07) is 7.66. The van der Waals surface area contributed by atoms with E-state index in [-0.39, 0.29) is 5.91 Å². The number of thiazole rings is 1. The van der Waals surface area contributed by atoms with Gasteiger partial charge in [-0.15, -0.1) is 22.7 Å². The summed E-state index contributed by atoms with van der Waals surface area (Å²) in [5, 5.41) is 7.24. The molecule has 0 aliphatic rings. The number of carbonyl (C=O) groups excluding carboxylic acids is 1. The van der Waals surface area contributed by atoms with Crippen LogP contribution >= 0.6 is 22.7 Å². The van der Waals surface area contributed by atoms with Crippen LogP contribution in [0.15, 0.2) is 39.4 Å². The molecule has 102 valence electrons. The van der Waals surface area contributed by atoms with E-state index in [9.17, 15) is 4.79 Å². The van der Waals surface area contributed by atoms with E-state index in [1.807, 2.05) is 41.9 Å². The lowest BCUT2D eigenvalue weighted by atomic mass is 10.3. The molecule has 0 unspecified atom stereocenters. The van der Waals surface area contributed by atoms with Crippen molar-refractivity contribution >= 4 is 33.7 Å². The molecule has 6 heteroatoms. The van der Waals surface area contributed by atoms with Gasteiger partial charge in [-0.3, -0.25) is 4.79 Å². The molecule has 0 spiro atoms. The quantitative estimate of drug-likeness (QED) is 0.794. The van der Waals surface area contributed by atoms with E-state index in [1.165, 1.54) is 11.3 Å². The minimum atomic E-state index is -0.0519. The highest BCUT2D eigenvalue weighted by Crippen LogP contribution is 2.26. The Balaban J connectivity index is 1.66. The average Bonchev–Trinajstić information content (AvgIpc) is 3.10. The third-order valence-electron chi connectivity index (χ3n) is 2.66. The molecule has 0 aliphatic heterocycles. The molecule has 3 heterocycles. The maximum absolute atomic E-state index is 11.9. The minimum absolute atomic E-state index is 0.0519. The largest absolute Gasteiger partial charge is 0.460 e. The molecule has 0 aliphatic carbocycles. The highest BCUT2D eigenvalue weighted by Gasteiger charge is 2.11. The first-order valence-corrected chi connectivity index (χ1v) is 7.81. The van der Waals surface area contributed by atoms with Crippen molar-refractivity contribution in [2.45, 2.75) is 13.3 Å². The lowest BCUT2D eigenvalue weighted by molar-refractivity contribution is -0.115. The molecule has 4 nitrogen and oxygen atoms in total. The zero-order chi connectivity index (χ0) is 13.9. The number of aromatic nitrogens is 1. The van der Waals surface area contributed by atoms with Gasteiger partial charge in [0.2, 0.25) is 5.91 Å². The van der Waals surface area contributed by atoms with Crippen LogP contribution in [0.5, 0.6) is 0 Å². The van der Waals surface area contributed by atoms with E-state index in [0.717, 1.165) is 22.1 Å². The molecule has 1 N–H and O–H groups in total. The van der Waals surface area contributed by atoms with Gasteiger partial charge in [-0.05, 0) is 30.5 Å². The molecule has 3 aromatic rings. The van der Waals surface area contributed by atoms with Crippen LogP contribution in [0.4, 0.5) is 5.13 Å². The monoisotopic (exact) mass is 304 g/mol. The topological polar surface area (TPSA) is 55.1 Å². The van der Waals surface area contributed by atoms with Gasteiger partial charge >= 0.3 is 0 Å². The van der Waals surface area contributed by atoms with Crippen LogP contribution in [0.1, 0.15) is 10.6 Å². The molecule has 0 saturated heterocycles. The summed E-state index contributed by atoms with van der Waals surface area (Å²) < 4.78 is 5.51. The number of carbonyl (C=O) groups is 1. The molecular weight excluding hydrogens is 292 g/mol. The Hall–Kier alpha value is -1.92. The van der Waals surface area contributed by atoms with Crippen LogP contribution in [-0.4, -0.2) is 10.9 Å². The first-order valence-electron chi connectivity index (χ1n) is 6.05. The Bertz CT molecular complexity index is 713. The molecular formula is C14H12N2O2S2. The van der Waals surface area contributed by atoms with E-state index in [2.05, 4.69) is 10.3 Å². The smallest absolute Gasteiger partial charge is 0.231 e. The van der Waals surface area contributed by atoms with Gasteiger partial charge in [-0.1, -0.05) is 6.07 Å². The SMILES string of the molecule is Cc1ccc(-c2csc(NC(=O)Cc3cccs3)n2)o1. The molecule has 0 radical (unpaired) electrons. The number of nitrogens with one attached hydrogen (secondary N) is 1. The summed E-state index contributed by atoms with van der Waals surface area (Å²) in [6.45, 7) is 1.89. The van der Waals surface area contributed by atoms with Gasteiger partial charge in [0.1, 0.15) is 11.5 Å². The second kappa shape index (κ2) is 5.60. The standard InChI is InChI=1S/C14H12N2O2S2/c1-9-4-5-12(18-9)11-8-20-14(15-11)16-13(17)7-10-3-2-6-19-10/h2-6,8H,7H2,1H3,(H,15,16,17). The Kier molecular flexibility index (Phi) is 3.66.